The molecule has 4 heteroatoms. The van der Waals surface area contributed by atoms with E-state index in [0.717, 1.165) is 35.7 Å². The Morgan fingerprint density at radius 1 is 1.29 bits per heavy atom. The highest BCUT2D eigenvalue weighted by molar-refractivity contribution is 7.15. The first-order valence-corrected chi connectivity index (χ1v) is 8.32. The zero-order valence-electron chi connectivity index (χ0n) is 13.3. The van der Waals surface area contributed by atoms with Gasteiger partial charge in [-0.1, -0.05) is 39.3 Å². The molecule has 21 heavy (non-hydrogen) atoms. The summed E-state index contributed by atoms with van der Waals surface area (Å²) >= 11 is 1.77. The monoisotopic (exact) mass is 304 g/mol. The summed E-state index contributed by atoms with van der Waals surface area (Å²) in [6.07, 6.45) is 2.14. The van der Waals surface area contributed by atoms with Gasteiger partial charge in [-0.25, -0.2) is 4.98 Å². The molecule has 0 saturated carbocycles. The molecule has 2 aromatic rings. The molecule has 1 aromatic heterocycles. The Labute approximate surface area is 131 Å². The third kappa shape index (κ3) is 4.05. The third-order valence-electron chi connectivity index (χ3n) is 3.27. The molecule has 1 N–H and O–H groups in total. The van der Waals surface area contributed by atoms with Crippen LogP contribution < -0.4 is 10.1 Å². The second-order valence-corrected chi connectivity index (χ2v) is 6.46. The molecule has 114 valence electrons. The molecule has 0 spiro atoms. The number of hydrogen-bond donors (Lipinski definition) is 1. The molecule has 3 nitrogen and oxygen atoms in total. The molecule has 0 radical (unpaired) electrons. The first kappa shape index (κ1) is 16.0. The summed E-state index contributed by atoms with van der Waals surface area (Å²) < 4.78 is 5.46. The van der Waals surface area contributed by atoms with Gasteiger partial charge in [0.05, 0.1) is 18.4 Å². The summed E-state index contributed by atoms with van der Waals surface area (Å²) in [6.45, 7) is 7.42. The van der Waals surface area contributed by atoms with E-state index in [2.05, 4.69) is 32.2 Å². The van der Waals surface area contributed by atoms with Crippen molar-refractivity contribution in [2.75, 3.05) is 7.11 Å². The first-order chi connectivity index (χ1) is 10.2. The van der Waals surface area contributed by atoms with Gasteiger partial charge in [0.25, 0.3) is 0 Å². The molecule has 1 heterocycles. The van der Waals surface area contributed by atoms with Gasteiger partial charge in [-0.2, -0.15) is 0 Å². The molecule has 1 aromatic carbocycles. The standard InChI is InChI=1S/C17H24N2OS/c1-5-8-14-16(11-18-12(2)3)21-17(19-14)13-9-6-7-10-15(13)20-4/h6-7,9-10,12,18H,5,8,11H2,1-4H3. The normalized spacial score (nSPS) is 11.1. The summed E-state index contributed by atoms with van der Waals surface area (Å²) in [4.78, 5) is 6.19. The predicted octanol–water partition coefficient (Wildman–Crippen LogP) is 4.27. The lowest BCUT2D eigenvalue weighted by atomic mass is 10.2. The van der Waals surface area contributed by atoms with Crippen LogP contribution in [0.2, 0.25) is 0 Å². The molecule has 0 fully saturated rings. The van der Waals surface area contributed by atoms with Crippen molar-refractivity contribution in [3.8, 4) is 16.3 Å². The van der Waals surface area contributed by atoms with Crippen molar-refractivity contribution in [1.82, 2.24) is 10.3 Å². The van der Waals surface area contributed by atoms with Crippen LogP contribution >= 0.6 is 11.3 Å². The second-order valence-electron chi connectivity index (χ2n) is 5.37. The number of thiazole rings is 1. The van der Waals surface area contributed by atoms with Crippen LogP contribution in [0, 0.1) is 0 Å². The predicted molar refractivity (Wildman–Crippen MR) is 90.1 cm³/mol. The number of methoxy groups -OCH3 is 1. The number of rotatable bonds is 7. The van der Waals surface area contributed by atoms with Gasteiger partial charge >= 0.3 is 0 Å². The van der Waals surface area contributed by atoms with E-state index in [9.17, 15) is 0 Å². The lowest BCUT2D eigenvalue weighted by Gasteiger charge is -2.07. The van der Waals surface area contributed by atoms with E-state index in [-0.39, 0.29) is 0 Å². The fourth-order valence-electron chi connectivity index (χ4n) is 2.19. The zero-order valence-corrected chi connectivity index (χ0v) is 14.1. The van der Waals surface area contributed by atoms with Gasteiger partial charge in [0.2, 0.25) is 0 Å². The minimum atomic E-state index is 0.483. The number of aromatic nitrogens is 1. The maximum absolute atomic E-state index is 5.46. The van der Waals surface area contributed by atoms with Crippen LogP contribution in [0.5, 0.6) is 5.75 Å². The van der Waals surface area contributed by atoms with Gasteiger partial charge in [-0.05, 0) is 18.6 Å². The molecule has 0 unspecified atom stereocenters. The van der Waals surface area contributed by atoms with Crippen LogP contribution in [0.25, 0.3) is 10.6 Å². The zero-order chi connectivity index (χ0) is 15.2. The van der Waals surface area contributed by atoms with Crippen molar-refractivity contribution in [3.63, 3.8) is 0 Å². The Morgan fingerprint density at radius 3 is 2.71 bits per heavy atom. The quantitative estimate of drug-likeness (QED) is 0.829. The van der Waals surface area contributed by atoms with Crippen molar-refractivity contribution in [3.05, 3.63) is 34.8 Å². The maximum Gasteiger partial charge on any atom is 0.129 e. The lowest BCUT2D eigenvalue weighted by molar-refractivity contribution is 0.416. The van der Waals surface area contributed by atoms with Crippen molar-refractivity contribution in [2.24, 2.45) is 0 Å². The number of aryl methyl sites for hydroxylation is 1. The number of hydrogen-bond acceptors (Lipinski definition) is 4. The SMILES string of the molecule is CCCc1nc(-c2ccccc2OC)sc1CNC(C)C. The van der Waals surface area contributed by atoms with Gasteiger partial charge < -0.3 is 10.1 Å². The molecule has 0 bridgehead atoms. The highest BCUT2D eigenvalue weighted by Crippen LogP contribution is 2.34. The van der Waals surface area contributed by atoms with Gasteiger partial charge in [0.15, 0.2) is 0 Å². The Bertz CT molecular complexity index is 578. The molecule has 0 amide bonds. The smallest absolute Gasteiger partial charge is 0.129 e. The van der Waals surface area contributed by atoms with Gasteiger partial charge in [-0.3, -0.25) is 0 Å². The Balaban J connectivity index is 2.33. The van der Waals surface area contributed by atoms with Crippen molar-refractivity contribution in [1.29, 1.82) is 0 Å². The Morgan fingerprint density at radius 2 is 2.05 bits per heavy atom. The largest absolute Gasteiger partial charge is 0.496 e. The van der Waals surface area contributed by atoms with Gasteiger partial charge in [0.1, 0.15) is 10.8 Å². The summed E-state index contributed by atoms with van der Waals surface area (Å²) in [5.41, 5.74) is 2.30. The molecule has 0 aliphatic rings. The van der Waals surface area contributed by atoms with E-state index >= 15 is 0 Å². The van der Waals surface area contributed by atoms with E-state index in [1.165, 1.54) is 10.6 Å². The highest BCUT2D eigenvalue weighted by Gasteiger charge is 2.14. The summed E-state index contributed by atoms with van der Waals surface area (Å²) in [5.74, 6) is 0.887. The molecule has 2 rings (SSSR count). The molecule has 0 aliphatic heterocycles. The molecule has 0 aliphatic carbocycles. The third-order valence-corrected chi connectivity index (χ3v) is 4.40. The maximum atomic E-state index is 5.46. The second kappa shape index (κ2) is 7.57. The fourth-order valence-corrected chi connectivity index (χ4v) is 3.28. The topological polar surface area (TPSA) is 34.1 Å². The average Bonchev–Trinajstić information content (AvgIpc) is 2.88. The summed E-state index contributed by atoms with van der Waals surface area (Å²) in [6, 6.07) is 8.57. The molecular formula is C17H24N2OS. The number of nitrogens with one attached hydrogen (secondary N) is 1. The average molecular weight is 304 g/mol. The van der Waals surface area contributed by atoms with Gasteiger partial charge in [0, 0.05) is 17.5 Å². The number of para-hydroxylation sites is 1. The number of ether oxygens (including phenoxy) is 1. The van der Waals surface area contributed by atoms with E-state index in [1.807, 2.05) is 18.2 Å². The van der Waals surface area contributed by atoms with Crippen LogP contribution in [-0.4, -0.2) is 18.1 Å². The van der Waals surface area contributed by atoms with Crippen LogP contribution in [0.3, 0.4) is 0 Å². The van der Waals surface area contributed by atoms with E-state index < -0.39 is 0 Å². The van der Waals surface area contributed by atoms with Crippen LogP contribution in [0.15, 0.2) is 24.3 Å². The summed E-state index contributed by atoms with van der Waals surface area (Å²) in [7, 11) is 1.71. The van der Waals surface area contributed by atoms with E-state index in [4.69, 9.17) is 9.72 Å². The minimum Gasteiger partial charge on any atom is -0.496 e. The number of nitrogens with zero attached hydrogens (tertiary/aromatic N) is 1. The fraction of sp³-hybridized carbons (Fsp3) is 0.471. The minimum absolute atomic E-state index is 0.483. The van der Waals surface area contributed by atoms with Crippen LogP contribution in [0.4, 0.5) is 0 Å². The number of benzene rings is 1. The van der Waals surface area contributed by atoms with Crippen molar-refractivity contribution >= 4 is 11.3 Å². The van der Waals surface area contributed by atoms with E-state index in [1.54, 1.807) is 18.4 Å². The lowest BCUT2D eigenvalue weighted by Crippen LogP contribution is -2.21. The van der Waals surface area contributed by atoms with Crippen molar-refractivity contribution < 1.29 is 4.74 Å². The van der Waals surface area contributed by atoms with Crippen LogP contribution in [-0.2, 0) is 13.0 Å². The summed E-state index contributed by atoms with van der Waals surface area (Å²) in [5, 5.41) is 4.55. The van der Waals surface area contributed by atoms with E-state index in [0.29, 0.717) is 6.04 Å². The Hall–Kier alpha value is -1.39. The highest BCUT2D eigenvalue weighted by atomic mass is 32.1. The molecular weight excluding hydrogens is 280 g/mol. The Kier molecular flexibility index (Phi) is 5.76. The molecule has 0 atom stereocenters. The van der Waals surface area contributed by atoms with Crippen LogP contribution in [0.1, 0.15) is 37.8 Å². The first-order valence-electron chi connectivity index (χ1n) is 7.51. The molecule has 0 saturated heterocycles. The van der Waals surface area contributed by atoms with Crippen molar-refractivity contribution in [2.45, 2.75) is 46.2 Å². The van der Waals surface area contributed by atoms with Gasteiger partial charge in [-0.15, -0.1) is 11.3 Å².